The van der Waals surface area contributed by atoms with Crippen molar-refractivity contribution in [1.82, 2.24) is 0 Å². The summed E-state index contributed by atoms with van der Waals surface area (Å²) < 4.78 is 27.4. The SMILES string of the molecule is O=C1C=CC(=NS(=O)(=O)c2ccccc2)C=C1Cl. The van der Waals surface area contributed by atoms with Crippen molar-refractivity contribution in [3.63, 3.8) is 0 Å². The molecule has 1 aromatic rings. The molecule has 0 saturated heterocycles. The van der Waals surface area contributed by atoms with E-state index in [1.54, 1.807) is 18.2 Å². The number of sulfonamides is 1. The molecule has 0 heterocycles. The van der Waals surface area contributed by atoms with Gasteiger partial charge in [-0.1, -0.05) is 29.8 Å². The molecule has 0 aliphatic heterocycles. The highest BCUT2D eigenvalue weighted by atomic mass is 35.5. The van der Waals surface area contributed by atoms with E-state index in [0.717, 1.165) is 0 Å². The minimum absolute atomic E-state index is 0.0560. The third-order valence-corrected chi connectivity index (χ3v) is 3.80. The molecule has 0 unspecified atom stereocenters. The first-order chi connectivity index (χ1) is 8.49. The van der Waals surface area contributed by atoms with E-state index in [-0.39, 0.29) is 21.4 Å². The predicted molar refractivity (Wildman–Crippen MR) is 69.1 cm³/mol. The molecule has 0 fully saturated rings. The van der Waals surface area contributed by atoms with Crippen LogP contribution in [0.4, 0.5) is 0 Å². The van der Waals surface area contributed by atoms with Crippen molar-refractivity contribution in [2.75, 3.05) is 0 Å². The van der Waals surface area contributed by atoms with E-state index in [2.05, 4.69) is 4.40 Å². The first-order valence-corrected chi connectivity index (χ1v) is 6.80. The molecule has 0 radical (unpaired) electrons. The van der Waals surface area contributed by atoms with Crippen LogP contribution in [0.1, 0.15) is 0 Å². The Hall–Kier alpha value is -1.72. The number of ketones is 1. The number of benzene rings is 1. The molecule has 0 bridgehead atoms. The molecule has 0 aromatic heterocycles. The van der Waals surface area contributed by atoms with Gasteiger partial charge >= 0.3 is 0 Å². The summed E-state index contributed by atoms with van der Waals surface area (Å²) in [7, 11) is -3.78. The first-order valence-electron chi connectivity index (χ1n) is 4.99. The van der Waals surface area contributed by atoms with Crippen LogP contribution in [0.15, 0.2) is 62.9 Å². The topological polar surface area (TPSA) is 63.6 Å². The molecule has 6 heteroatoms. The van der Waals surface area contributed by atoms with Crippen molar-refractivity contribution in [2.24, 2.45) is 4.40 Å². The fourth-order valence-corrected chi connectivity index (χ4v) is 2.50. The van der Waals surface area contributed by atoms with Crippen LogP contribution in [-0.2, 0) is 14.8 Å². The highest BCUT2D eigenvalue weighted by Gasteiger charge is 2.15. The number of halogens is 1. The molecule has 0 N–H and O–H groups in total. The van der Waals surface area contributed by atoms with Crippen molar-refractivity contribution in [1.29, 1.82) is 0 Å². The zero-order valence-corrected chi connectivity index (χ0v) is 10.6. The average molecular weight is 282 g/mol. The Balaban J connectivity index is 2.41. The minimum Gasteiger partial charge on any atom is -0.288 e. The largest absolute Gasteiger partial charge is 0.288 e. The van der Waals surface area contributed by atoms with E-state index in [4.69, 9.17) is 11.6 Å². The Morgan fingerprint density at radius 3 is 2.33 bits per heavy atom. The van der Waals surface area contributed by atoms with Crippen LogP contribution in [0.5, 0.6) is 0 Å². The van der Waals surface area contributed by atoms with Gasteiger partial charge < -0.3 is 0 Å². The third kappa shape index (κ3) is 2.75. The van der Waals surface area contributed by atoms with E-state index < -0.39 is 10.0 Å². The molecular weight excluding hydrogens is 274 g/mol. The van der Waals surface area contributed by atoms with Gasteiger partial charge in [-0.25, -0.2) is 0 Å². The zero-order chi connectivity index (χ0) is 13.2. The van der Waals surface area contributed by atoms with Gasteiger partial charge in [-0.3, -0.25) is 4.79 Å². The highest BCUT2D eigenvalue weighted by Crippen LogP contribution is 2.15. The Bertz CT molecular complexity index is 673. The van der Waals surface area contributed by atoms with E-state index in [1.165, 1.54) is 30.4 Å². The summed E-state index contributed by atoms with van der Waals surface area (Å²) in [5.41, 5.74) is 0.128. The normalized spacial score (nSPS) is 17.9. The van der Waals surface area contributed by atoms with Crippen LogP contribution in [-0.4, -0.2) is 19.9 Å². The molecule has 1 aliphatic rings. The number of carbonyl (C=O) groups excluding carboxylic acids is 1. The van der Waals surface area contributed by atoms with Crippen molar-refractivity contribution in [3.8, 4) is 0 Å². The van der Waals surface area contributed by atoms with Gasteiger partial charge in [0.25, 0.3) is 10.0 Å². The van der Waals surface area contributed by atoms with E-state index in [0.29, 0.717) is 0 Å². The standard InChI is InChI=1S/C12H8ClNO3S/c13-11-8-9(6-7-12(11)15)14-18(16,17)10-4-2-1-3-5-10/h1-8H. The molecule has 2 rings (SSSR count). The summed E-state index contributed by atoms with van der Waals surface area (Å²) in [6.07, 6.45) is 3.72. The molecule has 0 saturated carbocycles. The van der Waals surface area contributed by atoms with Crippen molar-refractivity contribution in [3.05, 3.63) is 53.6 Å². The fourth-order valence-electron chi connectivity index (χ4n) is 1.33. The lowest BCUT2D eigenvalue weighted by molar-refractivity contribution is -0.110. The summed E-state index contributed by atoms with van der Waals surface area (Å²) >= 11 is 5.62. The Labute approximate surface area is 109 Å². The number of nitrogens with zero attached hydrogens (tertiary/aromatic N) is 1. The molecule has 4 nitrogen and oxygen atoms in total. The van der Waals surface area contributed by atoms with Crippen LogP contribution >= 0.6 is 11.6 Å². The number of hydrogen-bond donors (Lipinski definition) is 0. The summed E-state index contributed by atoms with van der Waals surface area (Å²) in [6.45, 7) is 0. The molecule has 18 heavy (non-hydrogen) atoms. The number of rotatable bonds is 2. The molecule has 0 spiro atoms. The second-order valence-corrected chi connectivity index (χ2v) is 5.51. The van der Waals surface area contributed by atoms with Crippen LogP contribution < -0.4 is 0 Å². The van der Waals surface area contributed by atoms with Gasteiger partial charge in [0.2, 0.25) is 0 Å². The lowest BCUT2D eigenvalue weighted by Crippen LogP contribution is -2.07. The summed E-state index contributed by atoms with van der Waals surface area (Å²) in [5.74, 6) is -0.368. The van der Waals surface area contributed by atoms with E-state index >= 15 is 0 Å². The van der Waals surface area contributed by atoms with Crippen LogP contribution in [0, 0.1) is 0 Å². The van der Waals surface area contributed by atoms with Gasteiger partial charge in [-0.2, -0.15) is 12.8 Å². The lowest BCUT2D eigenvalue weighted by atomic mass is 10.2. The number of hydrogen-bond acceptors (Lipinski definition) is 3. The van der Waals surface area contributed by atoms with Gasteiger partial charge in [0, 0.05) is 0 Å². The first kappa shape index (κ1) is 12.7. The fraction of sp³-hybridized carbons (Fsp3) is 0. The number of carbonyl (C=O) groups is 1. The third-order valence-electron chi connectivity index (χ3n) is 2.18. The second-order valence-electron chi connectivity index (χ2n) is 3.49. The monoisotopic (exact) mass is 281 g/mol. The Morgan fingerprint density at radius 2 is 1.72 bits per heavy atom. The molecule has 0 amide bonds. The molecule has 1 aromatic carbocycles. The quantitative estimate of drug-likeness (QED) is 0.780. The van der Waals surface area contributed by atoms with E-state index in [9.17, 15) is 13.2 Å². The zero-order valence-electron chi connectivity index (χ0n) is 9.08. The maximum absolute atomic E-state index is 11.9. The maximum atomic E-state index is 11.9. The van der Waals surface area contributed by atoms with Gasteiger partial charge in [0.1, 0.15) is 0 Å². The predicted octanol–water partition coefficient (Wildman–Crippen LogP) is 2.08. The lowest BCUT2D eigenvalue weighted by Gasteiger charge is -2.03. The molecule has 92 valence electrons. The average Bonchev–Trinajstić information content (AvgIpc) is 2.35. The van der Waals surface area contributed by atoms with Gasteiger partial charge in [0.15, 0.2) is 5.78 Å². The van der Waals surface area contributed by atoms with Gasteiger partial charge in [-0.15, -0.1) is 0 Å². The molecule has 1 aliphatic carbocycles. The smallest absolute Gasteiger partial charge is 0.282 e. The summed E-state index contributed by atoms with van der Waals surface area (Å²) in [4.78, 5) is 11.2. The minimum atomic E-state index is -3.78. The van der Waals surface area contributed by atoms with Gasteiger partial charge in [0.05, 0.1) is 15.6 Å². The summed E-state index contributed by atoms with van der Waals surface area (Å²) in [5, 5.41) is -0.0560. The maximum Gasteiger partial charge on any atom is 0.282 e. The van der Waals surface area contributed by atoms with Crippen molar-refractivity contribution >= 4 is 33.1 Å². The van der Waals surface area contributed by atoms with E-state index in [1.807, 2.05) is 0 Å². The second kappa shape index (κ2) is 4.88. The molecule has 0 atom stereocenters. The Morgan fingerprint density at radius 1 is 1.06 bits per heavy atom. The van der Waals surface area contributed by atoms with Crippen LogP contribution in [0.3, 0.4) is 0 Å². The highest BCUT2D eigenvalue weighted by molar-refractivity contribution is 7.90. The molecular formula is C12H8ClNO3S. The van der Waals surface area contributed by atoms with Crippen molar-refractivity contribution < 1.29 is 13.2 Å². The number of allylic oxidation sites excluding steroid dienone is 4. The Kier molecular flexibility index (Phi) is 3.45. The van der Waals surface area contributed by atoms with Crippen molar-refractivity contribution in [2.45, 2.75) is 4.90 Å². The van der Waals surface area contributed by atoms with Crippen LogP contribution in [0.2, 0.25) is 0 Å². The summed E-state index contributed by atoms with van der Waals surface area (Å²) in [6, 6.07) is 7.82. The van der Waals surface area contributed by atoms with Crippen LogP contribution in [0.25, 0.3) is 0 Å². The van der Waals surface area contributed by atoms with Gasteiger partial charge in [-0.05, 0) is 30.4 Å².